The van der Waals surface area contributed by atoms with E-state index < -0.39 is 0 Å². The molecule has 2 aliphatic rings. The molecule has 12 rings (SSSR count). The van der Waals surface area contributed by atoms with Crippen LogP contribution >= 0.6 is 0 Å². The first-order valence-electron chi connectivity index (χ1n) is 21.9. The highest BCUT2D eigenvalue weighted by molar-refractivity contribution is 6.16. The van der Waals surface area contributed by atoms with E-state index in [2.05, 4.69) is 243 Å². The van der Waals surface area contributed by atoms with Crippen LogP contribution in [0.25, 0.3) is 72.0 Å². The Morgan fingerprint density at radius 3 is 1.81 bits per heavy atom. The normalized spacial score (nSPS) is 14.1. The van der Waals surface area contributed by atoms with Crippen LogP contribution in [0.15, 0.2) is 206 Å². The maximum absolute atomic E-state index is 2.50. The number of nitrogens with zero attached hydrogens (tertiary/aromatic N) is 2. The summed E-state index contributed by atoms with van der Waals surface area (Å²) >= 11 is 0. The summed E-state index contributed by atoms with van der Waals surface area (Å²) in [5.74, 6) is 0. The van der Waals surface area contributed by atoms with Gasteiger partial charge in [-0.15, -0.1) is 0 Å². The van der Waals surface area contributed by atoms with Crippen LogP contribution in [0.4, 0.5) is 17.1 Å². The number of hydrogen-bond acceptors (Lipinski definition) is 1. The van der Waals surface area contributed by atoms with E-state index in [0.717, 1.165) is 17.1 Å². The number of fused-ring (bicyclic) bond motifs is 9. The van der Waals surface area contributed by atoms with Crippen molar-refractivity contribution in [3.05, 3.63) is 229 Å². The summed E-state index contributed by atoms with van der Waals surface area (Å²) in [5.41, 5.74) is 22.5. The third-order valence-electron chi connectivity index (χ3n) is 14.0. The van der Waals surface area contributed by atoms with Crippen molar-refractivity contribution in [2.75, 3.05) is 4.90 Å². The lowest BCUT2D eigenvalue weighted by Crippen LogP contribution is -2.16. The van der Waals surface area contributed by atoms with E-state index in [1.165, 1.54) is 94.3 Å². The molecule has 0 saturated carbocycles. The molecule has 1 heterocycles. The van der Waals surface area contributed by atoms with Gasteiger partial charge in [0.1, 0.15) is 0 Å². The summed E-state index contributed by atoms with van der Waals surface area (Å²) < 4.78 is 2.40. The predicted octanol–water partition coefficient (Wildman–Crippen LogP) is 16.2. The molecule has 0 unspecified atom stereocenters. The van der Waals surface area contributed by atoms with E-state index in [1.807, 2.05) is 0 Å². The first-order chi connectivity index (χ1) is 30.3. The molecular formula is C60H46N2. The third kappa shape index (κ3) is 5.23. The predicted molar refractivity (Wildman–Crippen MR) is 261 cm³/mol. The molecule has 2 nitrogen and oxygen atoms in total. The van der Waals surface area contributed by atoms with Crippen molar-refractivity contribution in [3.63, 3.8) is 0 Å². The number of para-hydroxylation sites is 2. The largest absolute Gasteiger partial charge is 0.310 e. The number of hydrogen-bond donors (Lipinski definition) is 0. The van der Waals surface area contributed by atoms with Gasteiger partial charge in [-0.25, -0.2) is 0 Å². The number of aromatic nitrogens is 1. The van der Waals surface area contributed by atoms with Gasteiger partial charge < -0.3 is 9.47 Å². The molecule has 2 heteroatoms. The van der Waals surface area contributed by atoms with Crippen molar-refractivity contribution >= 4 is 38.9 Å². The molecule has 9 aromatic carbocycles. The molecule has 0 aliphatic heterocycles. The van der Waals surface area contributed by atoms with E-state index in [0.29, 0.717) is 0 Å². The van der Waals surface area contributed by atoms with E-state index in [4.69, 9.17) is 0 Å². The van der Waals surface area contributed by atoms with Crippen LogP contribution in [0.2, 0.25) is 0 Å². The second-order valence-corrected chi connectivity index (χ2v) is 18.1. The molecule has 0 atom stereocenters. The summed E-state index contributed by atoms with van der Waals surface area (Å²) in [5, 5.41) is 2.52. The van der Waals surface area contributed by atoms with E-state index in [-0.39, 0.29) is 10.8 Å². The maximum Gasteiger partial charge on any atom is 0.0547 e. The van der Waals surface area contributed by atoms with Crippen molar-refractivity contribution in [2.24, 2.45) is 0 Å². The van der Waals surface area contributed by atoms with Gasteiger partial charge in [-0.2, -0.15) is 0 Å². The van der Waals surface area contributed by atoms with Gasteiger partial charge >= 0.3 is 0 Å². The topological polar surface area (TPSA) is 8.17 Å². The lowest BCUT2D eigenvalue weighted by molar-refractivity contribution is 0.660. The Morgan fingerprint density at radius 1 is 0.387 bits per heavy atom. The molecule has 0 saturated heterocycles. The van der Waals surface area contributed by atoms with Gasteiger partial charge in [-0.3, -0.25) is 0 Å². The number of benzene rings is 9. The fourth-order valence-corrected chi connectivity index (χ4v) is 11.2. The summed E-state index contributed by atoms with van der Waals surface area (Å²) in [7, 11) is 0. The minimum absolute atomic E-state index is 0.123. The zero-order valence-corrected chi connectivity index (χ0v) is 35.5. The van der Waals surface area contributed by atoms with Crippen LogP contribution in [0.1, 0.15) is 49.9 Å². The molecule has 62 heavy (non-hydrogen) atoms. The molecule has 296 valence electrons. The van der Waals surface area contributed by atoms with Crippen molar-refractivity contribution in [1.29, 1.82) is 0 Å². The standard InChI is InChI=1S/C60H46N2/c1-59(2)51-29-12-9-23-48(51)57-52(59)30-17-33-55(57)61(43-21-14-18-40(38-43)45-26-15-27-47-46-22-8-11-28-50(46)60(3,4)58(45)47)42-36-34-39(35-37-42)44-25-16-32-54-56(44)49-24-10-13-31-53(49)62(54)41-19-6-5-7-20-41/h5-38H,1-4H3. The zero-order valence-electron chi connectivity index (χ0n) is 35.5. The Bertz CT molecular complexity index is 3400. The summed E-state index contributed by atoms with van der Waals surface area (Å²) in [6.07, 6.45) is 0. The van der Waals surface area contributed by atoms with Crippen LogP contribution in [0.3, 0.4) is 0 Å². The highest BCUT2D eigenvalue weighted by Crippen LogP contribution is 2.56. The average molecular weight is 795 g/mol. The van der Waals surface area contributed by atoms with Gasteiger partial charge in [0.2, 0.25) is 0 Å². The Morgan fingerprint density at radius 2 is 0.984 bits per heavy atom. The van der Waals surface area contributed by atoms with E-state index in [1.54, 1.807) is 0 Å². The maximum atomic E-state index is 2.50. The van der Waals surface area contributed by atoms with E-state index in [9.17, 15) is 0 Å². The molecule has 10 aromatic rings. The van der Waals surface area contributed by atoms with Crippen LogP contribution < -0.4 is 4.90 Å². The highest BCUT2D eigenvalue weighted by atomic mass is 15.1. The smallest absolute Gasteiger partial charge is 0.0547 e. The molecule has 0 amide bonds. The van der Waals surface area contributed by atoms with Gasteiger partial charge in [0.05, 0.1) is 16.7 Å². The van der Waals surface area contributed by atoms with Crippen LogP contribution in [0, 0.1) is 0 Å². The van der Waals surface area contributed by atoms with Crippen LogP contribution in [-0.2, 0) is 10.8 Å². The number of rotatable bonds is 6. The minimum atomic E-state index is -0.125. The second kappa shape index (κ2) is 13.5. The Kier molecular flexibility index (Phi) is 7.96. The van der Waals surface area contributed by atoms with Crippen molar-refractivity contribution in [3.8, 4) is 50.2 Å². The fraction of sp³-hybridized carbons (Fsp3) is 0.100. The SMILES string of the molecule is CC1(C)c2ccccc2-c2c(N(c3ccc(-c4cccc5c4c4ccccc4n5-c4ccccc4)cc3)c3cccc(-c4cccc5c4C(C)(C)c4ccccc4-5)c3)cccc21. The van der Waals surface area contributed by atoms with Gasteiger partial charge in [0.25, 0.3) is 0 Å². The summed E-state index contributed by atoms with van der Waals surface area (Å²) in [6.45, 7) is 9.50. The molecule has 0 spiro atoms. The third-order valence-corrected chi connectivity index (χ3v) is 14.0. The van der Waals surface area contributed by atoms with E-state index >= 15 is 0 Å². The van der Waals surface area contributed by atoms with Crippen LogP contribution in [-0.4, -0.2) is 4.57 Å². The fourth-order valence-electron chi connectivity index (χ4n) is 11.2. The number of anilines is 3. The monoisotopic (exact) mass is 794 g/mol. The molecule has 0 N–H and O–H groups in total. The Labute approximate surface area is 364 Å². The second-order valence-electron chi connectivity index (χ2n) is 18.1. The van der Waals surface area contributed by atoms with Crippen molar-refractivity contribution in [2.45, 2.75) is 38.5 Å². The highest BCUT2D eigenvalue weighted by Gasteiger charge is 2.39. The molecular weight excluding hydrogens is 749 g/mol. The zero-order chi connectivity index (χ0) is 41.7. The first-order valence-corrected chi connectivity index (χ1v) is 21.9. The molecule has 0 fully saturated rings. The van der Waals surface area contributed by atoms with Gasteiger partial charge in [0.15, 0.2) is 0 Å². The lowest BCUT2D eigenvalue weighted by Gasteiger charge is -2.30. The summed E-state index contributed by atoms with van der Waals surface area (Å²) in [6, 6.07) is 76.4. The molecule has 0 bridgehead atoms. The Hall–Kier alpha value is -7.42. The van der Waals surface area contributed by atoms with Crippen molar-refractivity contribution < 1.29 is 0 Å². The lowest BCUT2D eigenvalue weighted by atomic mass is 9.79. The van der Waals surface area contributed by atoms with Gasteiger partial charge in [-0.1, -0.05) is 179 Å². The summed E-state index contributed by atoms with van der Waals surface area (Å²) in [4.78, 5) is 2.50. The van der Waals surface area contributed by atoms with Gasteiger partial charge in [0, 0.05) is 44.2 Å². The van der Waals surface area contributed by atoms with Crippen molar-refractivity contribution in [1.82, 2.24) is 4.57 Å². The minimum Gasteiger partial charge on any atom is -0.310 e. The first kappa shape index (κ1) is 36.4. The Balaban J connectivity index is 1.05. The quantitative estimate of drug-likeness (QED) is 0.163. The molecule has 0 radical (unpaired) electrons. The van der Waals surface area contributed by atoms with Crippen LogP contribution in [0.5, 0.6) is 0 Å². The van der Waals surface area contributed by atoms with Gasteiger partial charge in [-0.05, 0) is 116 Å². The molecule has 2 aliphatic carbocycles. The molecule has 1 aromatic heterocycles. The average Bonchev–Trinajstić information content (AvgIpc) is 3.87.